The summed E-state index contributed by atoms with van der Waals surface area (Å²) in [5.41, 5.74) is 0. The van der Waals surface area contributed by atoms with Crippen LogP contribution in [0.1, 0.15) is 20.3 Å². The first kappa shape index (κ1) is 8.76. The summed E-state index contributed by atoms with van der Waals surface area (Å²) in [4.78, 5) is 9.99. The number of halogens is 1. The van der Waals surface area contributed by atoms with Crippen molar-refractivity contribution in [2.24, 2.45) is 5.92 Å². The maximum Gasteiger partial charge on any atom is 0.0733 e. The molecule has 0 aromatic rings. The Balaban J connectivity index is 3.50. The Bertz CT molecular complexity index is 101. The lowest BCUT2D eigenvalue weighted by Crippen LogP contribution is -2.32. The molecule has 0 bridgehead atoms. The van der Waals surface area contributed by atoms with Gasteiger partial charge in [-0.15, -0.1) is 11.6 Å². The van der Waals surface area contributed by atoms with Crippen LogP contribution in [0.25, 0.3) is 0 Å². The van der Waals surface area contributed by atoms with Crippen molar-refractivity contribution in [1.82, 2.24) is 0 Å². The lowest BCUT2D eigenvalue weighted by atomic mass is 10.1. The minimum Gasteiger partial charge on any atom is -0.549 e. The zero-order valence-electron chi connectivity index (χ0n) is 5.56. The lowest BCUT2D eigenvalue weighted by Gasteiger charge is -2.11. The summed E-state index contributed by atoms with van der Waals surface area (Å²) in [7, 11) is 0. The third-order valence-corrected chi connectivity index (χ3v) is 1.29. The van der Waals surface area contributed by atoms with Gasteiger partial charge in [0, 0.05) is 0 Å². The molecule has 0 N–H and O–H groups in total. The molecule has 0 radical (unpaired) electrons. The number of carboxylic acids is 1. The maximum absolute atomic E-state index is 9.99. The normalized spacial score (nSPS) is 13.8. The number of carboxylic acid groups (broad SMARTS) is 1. The first-order valence-electron chi connectivity index (χ1n) is 2.89. The molecular formula is C6H10ClO2-. The van der Waals surface area contributed by atoms with E-state index in [-0.39, 0.29) is 0 Å². The molecule has 0 rings (SSSR count). The standard InChI is InChI=1S/C6H11ClO2/c1-4(2)3-5(7)6(8)9/h4-5H,3H2,1-2H3,(H,8,9)/p-1. The van der Waals surface area contributed by atoms with E-state index < -0.39 is 11.3 Å². The van der Waals surface area contributed by atoms with E-state index in [1.165, 1.54) is 0 Å². The van der Waals surface area contributed by atoms with E-state index in [0.29, 0.717) is 12.3 Å². The maximum atomic E-state index is 9.99. The third-order valence-electron chi connectivity index (χ3n) is 0.934. The molecule has 1 unspecified atom stereocenters. The van der Waals surface area contributed by atoms with Gasteiger partial charge in [-0.3, -0.25) is 0 Å². The van der Waals surface area contributed by atoms with Gasteiger partial charge in [-0.25, -0.2) is 0 Å². The summed E-state index contributed by atoms with van der Waals surface area (Å²) < 4.78 is 0. The fourth-order valence-electron chi connectivity index (χ4n) is 0.510. The van der Waals surface area contributed by atoms with Crippen molar-refractivity contribution >= 4 is 17.6 Å². The molecule has 0 aliphatic heterocycles. The fraction of sp³-hybridized carbons (Fsp3) is 0.833. The quantitative estimate of drug-likeness (QED) is 0.545. The number of carbonyl (C=O) groups is 1. The van der Waals surface area contributed by atoms with Crippen LogP contribution in [-0.4, -0.2) is 11.3 Å². The van der Waals surface area contributed by atoms with Crippen LogP contribution in [0.2, 0.25) is 0 Å². The fourth-order valence-corrected chi connectivity index (χ4v) is 0.866. The van der Waals surface area contributed by atoms with Gasteiger partial charge in [-0.1, -0.05) is 13.8 Å². The van der Waals surface area contributed by atoms with Crippen molar-refractivity contribution in [3.05, 3.63) is 0 Å². The lowest BCUT2D eigenvalue weighted by molar-refractivity contribution is -0.305. The minimum absolute atomic E-state index is 0.311. The molecule has 0 saturated heterocycles. The highest BCUT2D eigenvalue weighted by Gasteiger charge is 2.06. The Labute approximate surface area is 59.8 Å². The molecule has 0 fully saturated rings. The van der Waals surface area contributed by atoms with Gasteiger partial charge in [-0.05, 0) is 12.3 Å². The first-order chi connectivity index (χ1) is 4.04. The summed E-state index contributed by atoms with van der Waals surface area (Å²) in [5.74, 6) is -0.865. The van der Waals surface area contributed by atoms with Crippen LogP contribution in [0.4, 0.5) is 0 Å². The largest absolute Gasteiger partial charge is 0.549 e. The van der Waals surface area contributed by atoms with Crippen LogP contribution in [-0.2, 0) is 4.79 Å². The highest BCUT2D eigenvalue weighted by atomic mass is 35.5. The van der Waals surface area contributed by atoms with E-state index in [1.54, 1.807) is 0 Å². The Kier molecular flexibility index (Phi) is 3.62. The van der Waals surface area contributed by atoms with Crippen LogP contribution in [0.15, 0.2) is 0 Å². The molecule has 0 heterocycles. The summed E-state index contributed by atoms with van der Waals surface area (Å²) in [5, 5.41) is 9.16. The van der Waals surface area contributed by atoms with E-state index in [2.05, 4.69) is 0 Å². The second kappa shape index (κ2) is 3.72. The molecule has 1 atom stereocenters. The van der Waals surface area contributed by atoms with Crippen LogP contribution < -0.4 is 5.11 Å². The smallest absolute Gasteiger partial charge is 0.0733 e. The van der Waals surface area contributed by atoms with Crippen LogP contribution in [0.5, 0.6) is 0 Å². The van der Waals surface area contributed by atoms with E-state index >= 15 is 0 Å². The van der Waals surface area contributed by atoms with Crippen molar-refractivity contribution in [2.45, 2.75) is 25.6 Å². The van der Waals surface area contributed by atoms with Gasteiger partial charge in [0.1, 0.15) is 0 Å². The van der Waals surface area contributed by atoms with Gasteiger partial charge in [0.05, 0.1) is 11.3 Å². The highest BCUT2D eigenvalue weighted by molar-refractivity contribution is 6.29. The van der Waals surface area contributed by atoms with Crippen LogP contribution in [0.3, 0.4) is 0 Å². The number of alkyl halides is 1. The molecule has 0 aliphatic carbocycles. The van der Waals surface area contributed by atoms with Crippen molar-refractivity contribution in [3.8, 4) is 0 Å². The zero-order valence-corrected chi connectivity index (χ0v) is 6.31. The number of rotatable bonds is 3. The van der Waals surface area contributed by atoms with Gasteiger partial charge in [0.15, 0.2) is 0 Å². The van der Waals surface area contributed by atoms with Crippen molar-refractivity contribution < 1.29 is 9.90 Å². The van der Waals surface area contributed by atoms with Gasteiger partial charge in [0.2, 0.25) is 0 Å². The molecule has 54 valence electrons. The van der Waals surface area contributed by atoms with Gasteiger partial charge in [-0.2, -0.15) is 0 Å². The molecule has 0 saturated carbocycles. The predicted octanol–water partition coefficient (Wildman–Crippen LogP) is 0.390. The SMILES string of the molecule is CC(C)CC(Cl)C(=O)[O-]. The average Bonchev–Trinajstić information content (AvgIpc) is 1.63. The van der Waals surface area contributed by atoms with Crippen molar-refractivity contribution in [3.63, 3.8) is 0 Å². The third kappa shape index (κ3) is 4.28. The molecular weight excluding hydrogens is 140 g/mol. The molecule has 3 heteroatoms. The second-order valence-corrected chi connectivity index (χ2v) is 2.94. The Morgan fingerprint density at radius 1 is 1.67 bits per heavy atom. The van der Waals surface area contributed by atoms with E-state index in [9.17, 15) is 9.90 Å². The molecule has 0 aliphatic rings. The zero-order chi connectivity index (χ0) is 7.44. The molecule has 9 heavy (non-hydrogen) atoms. The monoisotopic (exact) mass is 149 g/mol. The van der Waals surface area contributed by atoms with Gasteiger partial charge in [0.25, 0.3) is 0 Å². The number of aliphatic carboxylic acids is 1. The molecule has 0 aromatic carbocycles. The Morgan fingerprint density at radius 3 is 2.22 bits per heavy atom. The van der Waals surface area contributed by atoms with Crippen LogP contribution in [0, 0.1) is 5.92 Å². The van der Waals surface area contributed by atoms with Crippen molar-refractivity contribution in [1.29, 1.82) is 0 Å². The van der Waals surface area contributed by atoms with Gasteiger partial charge >= 0.3 is 0 Å². The number of hydrogen-bond donors (Lipinski definition) is 0. The highest BCUT2D eigenvalue weighted by Crippen LogP contribution is 2.08. The topological polar surface area (TPSA) is 40.1 Å². The molecule has 0 spiro atoms. The second-order valence-electron chi connectivity index (χ2n) is 2.42. The molecule has 0 aromatic heterocycles. The minimum atomic E-state index is -1.18. The summed E-state index contributed by atoms with van der Waals surface area (Å²) >= 11 is 5.35. The molecule has 2 nitrogen and oxygen atoms in total. The first-order valence-corrected chi connectivity index (χ1v) is 3.32. The van der Waals surface area contributed by atoms with Crippen LogP contribution >= 0.6 is 11.6 Å². The predicted molar refractivity (Wildman–Crippen MR) is 34.1 cm³/mol. The molecule has 0 amide bonds. The summed E-state index contributed by atoms with van der Waals surface area (Å²) in [6.07, 6.45) is 0.476. The average molecular weight is 150 g/mol. The Hall–Kier alpha value is -0.240. The summed E-state index contributed by atoms with van der Waals surface area (Å²) in [6.45, 7) is 3.83. The van der Waals surface area contributed by atoms with E-state index in [0.717, 1.165) is 0 Å². The van der Waals surface area contributed by atoms with Gasteiger partial charge < -0.3 is 9.90 Å². The van der Waals surface area contributed by atoms with Crippen molar-refractivity contribution in [2.75, 3.05) is 0 Å². The summed E-state index contributed by atoms with van der Waals surface area (Å²) in [6, 6.07) is 0. The number of hydrogen-bond acceptors (Lipinski definition) is 2. The Morgan fingerprint density at radius 2 is 2.11 bits per heavy atom. The number of carbonyl (C=O) groups excluding carboxylic acids is 1. The van der Waals surface area contributed by atoms with E-state index in [1.807, 2.05) is 13.8 Å². The van der Waals surface area contributed by atoms with E-state index in [4.69, 9.17) is 11.6 Å².